The van der Waals surface area contributed by atoms with Crippen LogP contribution in [-0.4, -0.2) is 50.8 Å². The molecule has 0 aliphatic carbocycles. The summed E-state index contributed by atoms with van der Waals surface area (Å²) in [5.74, 6) is -0.652. The average Bonchev–Trinajstić information content (AvgIpc) is 3.12. The molecule has 9 nitrogen and oxygen atoms in total. The Morgan fingerprint density at radius 1 is 1.00 bits per heavy atom. The number of nitrogens with one attached hydrogen (secondary N) is 2. The zero-order valence-electron chi connectivity index (χ0n) is 14.6. The summed E-state index contributed by atoms with van der Waals surface area (Å²) >= 11 is 0. The molecule has 1 aliphatic rings. The zero-order valence-corrected chi connectivity index (χ0v) is 15.4. The van der Waals surface area contributed by atoms with Crippen LogP contribution in [0, 0.1) is 6.92 Å². The summed E-state index contributed by atoms with van der Waals surface area (Å²) in [5, 5.41) is 0. The first-order valence-corrected chi connectivity index (χ1v) is 9.66. The Hall–Kier alpha value is -2.69. The van der Waals surface area contributed by atoms with E-state index < -0.39 is 21.8 Å². The van der Waals surface area contributed by atoms with E-state index in [2.05, 4.69) is 10.9 Å². The molecule has 1 aromatic heterocycles. The molecule has 144 valence electrons. The topological polar surface area (TPSA) is 118 Å². The maximum Gasteiger partial charge on any atom is 0.273 e. The van der Waals surface area contributed by atoms with Crippen LogP contribution in [0.5, 0.6) is 0 Å². The van der Waals surface area contributed by atoms with Gasteiger partial charge in [0, 0.05) is 18.7 Å². The Balaban J connectivity index is 1.63. The van der Waals surface area contributed by atoms with Gasteiger partial charge in [0.1, 0.15) is 5.76 Å². The second-order valence-electron chi connectivity index (χ2n) is 5.84. The highest BCUT2D eigenvalue weighted by molar-refractivity contribution is 7.89. The molecule has 0 bridgehead atoms. The molecule has 2 aromatic rings. The van der Waals surface area contributed by atoms with E-state index in [-0.39, 0.29) is 10.5 Å². The molecule has 1 aliphatic heterocycles. The number of morpholine rings is 1. The van der Waals surface area contributed by atoms with E-state index in [1.54, 1.807) is 6.92 Å². The van der Waals surface area contributed by atoms with Crippen LogP contribution in [0.1, 0.15) is 26.5 Å². The van der Waals surface area contributed by atoms with Crippen molar-refractivity contribution in [1.29, 1.82) is 0 Å². The average molecular weight is 393 g/mol. The maximum absolute atomic E-state index is 12.6. The third-order valence-corrected chi connectivity index (χ3v) is 6.03. The second kappa shape index (κ2) is 7.91. The first kappa shape index (κ1) is 19.1. The third kappa shape index (κ3) is 4.18. The minimum absolute atomic E-state index is 0.0963. The Morgan fingerprint density at radius 3 is 2.22 bits per heavy atom. The summed E-state index contributed by atoms with van der Waals surface area (Å²) < 4.78 is 36.6. The SMILES string of the molecule is Cc1occc1C(=O)NNC(=O)c1ccc(S(=O)(=O)N2CCOCC2)cc1. The molecule has 10 heteroatoms. The van der Waals surface area contributed by atoms with Gasteiger partial charge in [-0.1, -0.05) is 0 Å². The number of hydrogen-bond donors (Lipinski definition) is 2. The second-order valence-corrected chi connectivity index (χ2v) is 7.78. The van der Waals surface area contributed by atoms with Crippen LogP contribution in [0.2, 0.25) is 0 Å². The lowest BCUT2D eigenvalue weighted by Gasteiger charge is -2.26. The standard InChI is InChI=1S/C17H19N3O6S/c1-12-15(6-9-26-12)17(22)19-18-16(21)13-2-4-14(5-3-13)27(23,24)20-7-10-25-11-8-20/h2-6,9H,7-8,10-11H2,1H3,(H,18,21)(H,19,22). The normalized spacial score (nSPS) is 15.3. The number of rotatable bonds is 4. The number of benzene rings is 1. The van der Waals surface area contributed by atoms with Crippen LogP contribution < -0.4 is 10.9 Å². The van der Waals surface area contributed by atoms with Gasteiger partial charge in [0.05, 0.1) is 29.9 Å². The molecule has 0 saturated carbocycles. The molecule has 2 heterocycles. The summed E-state index contributed by atoms with van der Waals surface area (Å²) in [6, 6.07) is 6.99. The highest BCUT2D eigenvalue weighted by Gasteiger charge is 2.26. The molecular formula is C17H19N3O6S. The largest absolute Gasteiger partial charge is 0.469 e. The van der Waals surface area contributed by atoms with Crippen LogP contribution in [0.25, 0.3) is 0 Å². The minimum Gasteiger partial charge on any atom is -0.469 e. The highest BCUT2D eigenvalue weighted by Crippen LogP contribution is 2.17. The van der Waals surface area contributed by atoms with Crippen molar-refractivity contribution in [2.75, 3.05) is 26.3 Å². The van der Waals surface area contributed by atoms with Crippen LogP contribution in [0.15, 0.2) is 45.9 Å². The molecule has 2 amide bonds. The van der Waals surface area contributed by atoms with Crippen molar-refractivity contribution in [1.82, 2.24) is 15.2 Å². The number of ether oxygens (including phenoxy) is 1. The summed E-state index contributed by atoms with van der Waals surface area (Å²) in [4.78, 5) is 24.2. The van der Waals surface area contributed by atoms with Crippen molar-refractivity contribution >= 4 is 21.8 Å². The maximum atomic E-state index is 12.6. The molecular weight excluding hydrogens is 374 g/mol. The molecule has 0 atom stereocenters. The van der Waals surface area contributed by atoms with Crippen molar-refractivity contribution in [3.05, 3.63) is 53.5 Å². The Morgan fingerprint density at radius 2 is 1.63 bits per heavy atom. The van der Waals surface area contributed by atoms with E-state index in [9.17, 15) is 18.0 Å². The van der Waals surface area contributed by atoms with E-state index in [1.807, 2.05) is 0 Å². The molecule has 0 spiro atoms. The van der Waals surface area contributed by atoms with E-state index >= 15 is 0 Å². The van der Waals surface area contributed by atoms with Gasteiger partial charge in [0.15, 0.2) is 0 Å². The molecule has 1 aromatic carbocycles. The number of hydrogen-bond acceptors (Lipinski definition) is 6. The van der Waals surface area contributed by atoms with Gasteiger partial charge in [-0.25, -0.2) is 8.42 Å². The minimum atomic E-state index is -3.62. The van der Waals surface area contributed by atoms with Gasteiger partial charge >= 0.3 is 0 Å². The summed E-state index contributed by atoms with van der Waals surface area (Å²) in [6.07, 6.45) is 1.37. The van der Waals surface area contributed by atoms with Crippen LogP contribution in [0.3, 0.4) is 0 Å². The van der Waals surface area contributed by atoms with E-state index in [0.29, 0.717) is 37.6 Å². The van der Waals surface area contributed by atoms with Gasteiger partial charge in [0.2, 0.25) is 10.0 Å². The number of nitrogens with zero attached hydrogens (tertiary/aromatic N) is 1. The molecule has 0 radical (unpaired) electrons. The Bertz CT molecular complexity index is 930. The van der Waals surface area contributed by atoms with E-state index in [4.69, 9.17) is 9.15 Å². The first-order valence-electron chi connectivity index (χ1n) is 8.22. The van der Waals surface area contributed by atoms with Gasteiger partial charge in [-0.15, -0.1) is 0 Å². The predicted molar refractivity (Wildman–Crippen MR) is 94.4 cm³/mol. The van der Waals surface area contributed by atoms with E-state index in [1.165, 1.54) is 40.9 Å². The zero-order chi connectivity index (χ0) is 19.4. The van der Waals surface area contributed by atoms with Crippen LogP contribution in [0.4, 0.5) is 0 Å². The summed E-state index contributed by atoms with van der Waals surface area (Å²) in [5.41, 5.74) is 5.08. The number of furan rings is 1. The molecule has 2 N–H and O–H groups in total. The summed E-state index contributed by atoms with van der Waals surface area (Å²) in [6.45, 7) is 2.93. The highest BCUT2D eigenvalue weighted by atomic mass is 32.2. The number of amides is 2. The predicted octanol–water partition coefficient (Wildman–Crippen LogP) is 0.684. The lowest BCUT2D eigenvalue weighted by Crippen LogP contribution is -2.42. The summed E-state index contributed by atoms with van der Waals surface area (Å²) in [7, 11) is -3.62. The van der Waals surface area contributed by atoms with Gasteiger partial charge < -0.3 is 9.15 Å². The molecule has 27 heavy (non-hydrogen) atoms. The van der Waals surface area contributed by atoms with Gasteiger partial charge in [-0.3, -0.25) is 20.4 Å². The van der Waals surface area contributed by atoms with Crippen molar-refractivity contribution in [2.24, 2.45) is 0 Å². The molecule has 0 unspecified atom stereocenters. The number of sulfonamides is 1. The Labute approximate surface area is 156 Å². The van der Waals surface area contributed by atoms with Crippen molar-refractivity contribution in [3.63, 3.8) is 0 Å². The number of aryl methyl sites for hydroxylation is 1. The Kier molecular flexibility index (Phi) is 5.59. The first-order chi connectivity index (χ1) is 12.9. The fourth-order valence-electron chi connectivity index (χ4n) is 2.59. The number of carbonyl (C=O) groups excluding carboxylic acids is 2. The van der Waals surface area contributed by atoms with Gasteiger partial charge in [0.25, 0.3) is 11.8 Å². The van der Waals surface area contributed by atoms with Crippen LogP contribution in [-0.2, 0) is 14.8 Å². The quantitative estimate of drug-likeness (QED) is 0.738. The van der Waals surface area contributed by atoms with Crippen molar-refractivity contribution in [2.45, 2.75) is 11.8 Å². The fourth-order valence-corrected chi connectivity index (χ4v) is 4.00. The lowest BCUT2D eigenvalue weighted by atomic mass is 10.2. The van der Waals surface area contributed by atoms with E-state index in [0.717, 1.165) is 0 Å². The van der Waals surface area contributed by atoms with Crippen LogP contribution >= 0.6 is 0 Å². The lowest BCUT2D eigenvalue weighted by molar-refractivity contribution is 0.0730. The van der Waals surface area contributed by atoms with Crippen molar-refractivity contribution < 1.29 is 27.2 Å². The molecule has 1 fully saturated rings. The fraction of sp³-hybridized carbons (Fsp3) is 0.294. The number of hydrazine groups is 1. The monoisotopic (exact) mass is 393 g/mol. The smallest absolute Gasteiger partial charge is 0.273 e. The number of carbonyl (C=O) groups is 2. The molecule has 1 saturated heterocycles. The third-order valence-electron chi connectivity index (χ3n) is 4.12. The van der Waals surface area contributed by atoms with Gasteiger partial charge in [-0.2, -0.15) is 4.31 Å². The van der Waals surface area contributed by atoms with Crippen molar-refractivity contribution in [3.8, 4) is 0 Å². The molecule has 3 rings (SSSR count). The van der Waals surface area contributed by atoms with Gasteiger partial charge in [-0.05, 0) is 37.3 Å².